The van der Waals surface area contributed by atoms with Gasteiger partial charge in [0.2, 0.25) is 0 Å². The lowest BCUT2D eigenvalue weighted by Crippen LogP contribution is -1.96. The van der Waals surface area contributed by atoms with E-state index in [4.69, 9.17) is 4.74 Å². The fourth-order valence-electron chi connectivity index (χ4n) is 2.93. The maximum atomic E-state index is 14.6. The molecular formula is C24H23FO. The van der Waals surface area contributed by atoms with Gasteiger partial charge in [0.25, 0.3) is 0 Å². The second kappa shape index (κ2) is 8.48. The van der Waals surface area contributed by atoms with Crippen LogP contribution in [-0.2, 0) is 6.42 Å². The first-order valence-electron chi connectivity index (χ1n) is 8.89. The molecule has 3 aromatic carbocycles. The van der Waals surface area contributed by atoms with E-state index < -0.39 is 0 Å². The normalized spacial score (nSPS) is 11.2. The van der Waals surface area contributed by atoms with E-state index in [2.05, 4.69) is 30.8 Å². The lowest BCUT2D eigenvalue weighted by atomic mass is 9.99. The molecule has 0 aliphatic carbocycles. The fourth-order valence-corrected chi connectivity index (χ4v) is 2.93. The van der Waals surface area contributed by atoms with Gasteiger partial charge in [0.1, 0.15) is 6.61 Å². The zero-order valence-corrected chi connectivity index (χ0v) is 15.0. The van der Waals surface area contributed by atoms with Crippen molar-refractivity contribution in [2.24, 2.45) is 0 Å². The second-order valence-corrected chi connectivity index (χ2v) is 6.22. The van der Waals surface area contributed by atoms with Gasteiger partial charge in [-0.2, -0.15) is 0 Å². The van der Waals surface area contributed by atoms with Crippen LogP contribution in [0.4, 0.5) is 4.39 Å². The van der Waals surface area contributed by atoms with Crippen LogP contribution in [-0.4, -0.2) is 6.61 Å². The molecule has 0 aromatic heterocycles. The smallest absolute Gasteiger partial charge is 0.172 e. The summed E-state index contributed by atoms with van der Waals surface area (Å²) in [6, 6.07) is 17.9. The molecule has 0 aliphatic heterocycles. The van der Waals surface area contributed by atoms with Crippen molar-refractivity contribution in [2.75, 3.05) is 6.61 Å². The van der Waals surface area contributed by atoms with Crippen molar-refractivity contribution in [2.45, 2.75) is 19.8 Å². The first kappa shape index (κ1) is 17.9. The van der Waals surface area contributed by atoms with Gasteiger partial charge in [0.15, 0.2) is 11.6 Å². The van der Waals surface area contributed by atoms with Crippen LogP contribution in [0.1, 0.15) is 18.9 Å². The van der Waals surface area contributed by atoms with Gasteiger partial charge >= 0.3 is 0 Å². The van der Waals surface area contributed by atoms with Gasteiger partial charge < -0.3 is 4.74 Å². The topological polar surface area (TPSA) is 9.23 Å². The van der Waals surface area contributed by atoms with Crippen molar-refractivity contribution in [3.63, 3.8) is 0 Å². The standard InChI is InChI=1S/C24H23FO/c1-3-5-7-18-8-10-19(11-9-18)20-12-14-22-21(17-20)13-15-23(24(22)25)26-16-6-4-2/h3-4,6,8-15,17H,1,5,7,16H2,2H3. The van der Waals surface area contributed by atoms with Gasteiger partial charge in [-0.15, -0.1) is 6.58 Å². The molecule has 0 radical (unpaired) electrons. The molecule has 0 heterocycles. The van der Waals surface area contributed by atoms with Gasteiger partial charge in [-0.25, -0.2) is 4.39 Å². The number of aryl methyl sites for hydroxylation is 1. The Labute approximate surface area is 154 Å². The van der Waals surface area contributed by atoms with Gasteiger partial charge in [-0.1, -0.05) is 60.7 Å². The first-order valence-corrected chi connectivity index (χ1v) is 8.89. The fraction of sp³-hybridized carbons (Fsp3) is 0.167. The molecule has 0 atom stereocenters. The number of halogens is 1. The second-order valence-electron chi connectivity index (χ2n) is 6.22. The van der Waals surface area contributed by atoms with E-state index in [0.29, 0.717) is 12.0 Å². The van der Waals surface area contributed by atoms with E-state index in [-0.39, 0.29) is 11.6 Å². The van der Waals surface area contributed by atoms with Crippen molar-refractivity contribution in [3.05, 3.63) is 90.8 Å². The van der Waals surface area contributed by atoms with E-state index in [1.54, 1.807) is 6.07 Å². The third kappa shape index (κ3) is 4.02. The molecule has 3 rings (SSSR count). The van der Waals surface area contributed by atoms with Crippen molar-refractivity contribution in [3.8, 4) is 16.9 Å². The molecule has 2 heteroatoms. The summed E-state index contributed by atoms with van der Waals surface area (Å²) in [5, 5.41) is 1.45. The first-order chi connectivity index (χ1) is 12.7. The SMILES string of the molecule is C=CCCc1ccc(-c2ccc3c(F)c(OCC=CC)ccc3c2)cc1. The minimum absolute atomic E-state index is 0.287. The summed E-state index contributed by atoms with van der Waals surface area (Å²) in [6.45, 7) is 6.04. The Morgan fingerprint density at radius 2 is 1.77 bits per heavy atom. The Balaban J connectivity index is 1.87. The molecule has 132 valence electrons. The predicted octanol–water partition coefficient (Wildman–Crippen LogP) is 6.72. The van der Waals surface area contributed by atoms with Crippen LogP contribution < -0.4 is 4.74 Å². The van der Waals surface area contributed by atoms with Crippen molar-refractivity contribution >= 4 is 10.8 Å². The average molecular weight is 346 g/mol. The maximum Gasteiger partial charge on any atom is 0.172 e. The highest BCUT2D eigenvalue weighted by Crippen LogP contribution is 2.30. The zero-order chi connectivity index (χ0) is 18.4. The van der Waals surface area contributed by atoms with Crippen LogP contribution in [0.15, 0.2) is 79.4 Å². The summed E-state index contributed by atoms with van der Waals surface area (Å²) < 4.78 is 20.1. The molecule has 0 bridgehead atoms. The summed E-state index contributed by atoms with van der Waals surface area (Å²) in [6.07, 6.45) is 7.65. The summed E-state index contributed by atoms with van der Waals surface area (Å²) >= 11 is 0. The average Bonchev–Trinajstić information content (AvgIpc) is 2.68. The monoisotopic (exact) mass is 346 g/mol. The van der Waals surface area contributed by atoms with E-state index in [9.17, 15) is 4.39 Å². The van der Waals surface area contributed by atoms with E-state index in [1.165, 1.54) is 5.56 Å². The Bertz CT molecular complexity index is 923. The van der Waals surface area contributed by atoms with Crippen LogP contribution in [0.3, 0.4) is 0 Å². The van der Waals surface area contributed by atoms with Crippen molar-refractivity contribution in [1.82, 2.24) is 0 Å². The van der Waals surface area contributed by atoms with Crippen LogP contribution in [0.25, 0.3) is 21.9 Å². The number of rotatable bonds is 7. The molecule has 3 aromatic rings. The molecule has 0 amide bonds. The summed E-state index contributed by atoms with van der Waals surface area (Å²) in [5.41, 5.74) is 3.50. The molecule has 0 saturated carbocycles. The quantitative estimate of drug-likeness (QED) is 0.431. The zero-order valence-electron chi connectivity index (χ0n) is 15.0. The van der Waals surface area contributed by atoms with Gasteiger partial charge in [0.05, 0.1) is 0 Å². The molecular weight excluding hydrogens is 323 g/mol. The Morgan fingerprint density at radius 3 is 2.50 bits per heavy atom. The number of hydrogen-bond acceptors (Lipinski definition) is 1. The third-order valence-corrected chi connectivity index (χ3v) is 4.41. The molecule has 26 heavy (non-hydrogen) atoms. The Morgan fingerprint density at radius 1 is 1.00 bits per heavy atom. The molecule has 0 aliphatic rings. The molecule has 0 N–H and O–H groups in total. The predicted molar refractivity (Wildman–Crippen MR) is 108 cm³/mol. The summed E-state index contributed by atoms with van der Waals surface area (Å²) in [5.74, 6) is -0.0201. The van der Waals surface area contributed by atoms with Crippen LogP contribution in [0.2, 0.25) is 0 Å². The number of ether oxygens (including phenoxy) is 1. The van der Waals surface area contributed by atoms with Gasteiger partial charge in [-0.3, -0.25) is 0 Å². The van der Waals surface area contributed by atoms with Crippen LogP contribution in [0, 0.1) is 5.82 Å². The molecule has 0 spiro atoms. The Hall–Kier alpha value is -2.87. The molecule has 0 saturated heterocycles. The molecule has 1 nitrogen and oxygen atoms in total. The largest absolute Gasteiger partial charge is 0.486 e. The summed E-state index contributed by atoms with van der Waals surface area (Å²) in [7, 11) is 0. The minimum atomic E-state index is -0.307. The lowest BCUT2D eigenvalue weighted by molar-refractivity contribution is 0.343. The highest BCUT2D eigenvalue weighted by atomic mass is 19.1. The number of allylic oxidation sites excluding steroid dienone is 2. The van der Waals surface area contributed by atoms with Gasteiger partial charge in [0, 0.05) is 5.39 Å². The number of hydrogen-bond donors (Lipinski definition) is 0. The van der Waals surface area contributed by atoms with E-state index in [1.807, 2.05) is 49.4 Å². The van der Waals surface area contributed by atoms with Crippen molar-refractivity contribution < 1.29 is 9.13 Å². The Kier molecular flexibility index (Phi) is 5.85. The van der Waals surface area contributed by atoms with Crippen LogP contribution >= 0.6 is 0 Å². The maximum absolute atomic E-state index is 14.6. The summed E-state index contributed by atoms with van der Waals surface area (Å²) in [4.78, 5) is 0. The van der Waals surface area contributed by atoms with Gasteiger partial charge in [-0.05, 0) is 54.0 Å². The van der Waals surface area contributed by atoms with Crippen molar-refractivity contribution in [1.29, 1.82) is 0 Å². The minimum Gasteiger partial charge on any atom is -0.486 e. The van der Waals surface area contributed by atoms with Crippen LogP contribution in [0.5, 0.6) is 5.75 Å². The molecule has 0 unspecified atom stereocenters. The third-order valence-electron chi connectivity index (χ3n) is 4.41. The molecule has 0 fully saturated rings. The number of fused-ring (bicyclic) bond motifs is 1. The van der Waals surface area contributed by atoms with E-state index >= 15 is 0 Å². The highest BCUT2D eigenvalue weighted by molar-refractivity contribution is 5.89. The lowest BCUT2D eigenvalue weighted by Gasteiger charge is -2.09. The number of benzene rings is 3. The highest BCUT2D eigenvalue weighted by Gasteiger charge is 2.09. The van der Waals surface area contributed by atoms with E-state index in [0.717, 1.165) is 29.4 Å².